The van der Waals surface area contributed by atoms with E-state index in [4.69, 9.17) is 16.0 Å². The van der Waals surface area contributed by atoms with E-state index in [1.807, 2.05) is 0 Å². The average molecular weight is 532 g/mol. The Morgan fingerprint density at radius 2 is 1.89 bits per heavy atom. The van der Waals surface area contributed by atoms with Crippen LogP contribution in [0.5, 0.6) is 0 Å². The number of thioether (sulfide) groups is 1. The van der Waals surface area contributed by atoms with E-state index in [0.29, 0.717) is 28.1 Å². The van der Waals surface area contributed by atoms with Crippen LogP contribution in [-0.2, 0) is 26.2 Å². The number of nitrogens with one attached hydrogen (secondary N) is 2. The predicted octanol–water partition coefficient (Wildman–Crippen LogP) is 4.09. The molecule has 0 radical (unpaired) electrons. The standard InChI is InChI=1S/C23H18ClN3O6S2/c24-19-9-2-1-5-15(19)11-20-22(29)27(23(30)34-20)14-21(28)26-16-6-3-8-18(12-16)35(31,32)25-13-17-7-4-10-33-17/h1-12,25H,13-14H2,(H,26,28)/b20-11-. The summed E-state index contributed by atoms with van der Waals surface area (Å²) in [4.78, 5) is 38.4. The summed E-state index contributed by atoms with van der Waals surface area (Å²) in [6.45, 7) is -0.564. The summed E-state index contributed by atoms with van der Waals surface area (Å²) in [5.74, 6) is -0.836. The molecule has 1 aromatic heterocycles. The van der Waals surface area contributed by atoms with Gasteiger partial charge in [0.25, 0.3) is 11.1 Å². The highest BCUT2D eigenvalue weighted by Gasteiger charge is 2.36. The van der Waals surface area contributed by atoms with Gasteiger partial charge in [-0.15, -0.1) is 0 Å². The van der Waals surface area contributed by atoms with Crippen LogP contribution in [0, 0.1) is 0 Å². The number of halogens is 1. The first kappa shape index (κ1) is 24.7. The summed E-state index contributed by atoms with van der Waals surface area (Å²) in [6.07, 6.45) is 2.93. The van der Waals surface area contributed by atoms with Gasteiger partial charge in [-0.05, 0) is 59.8 Å². The molecule has 4 rings (SSSR count). The Morgan fingerprint density at radius 1 is 1.09 bits per heavy atom. The topological polar surface area (TPSA) is 126 Å². The maximum absolute atomic E-state index is 12.7. The second kappa shape index (κ2) is 10.5. The first-order valence-electron chi connectivity index (χ1n) is 10.1. The van der Waals surface area contributed by atoms with Crippen LogP contribution in [0.1, 0.15) is 11.3 Å². The molecule has 3 amide bonds. The monoisotopic (exact) mass is 531 g/mol. The zero-order valence-electron chi connectivity index (χ0n) is 17.9. The zero-order valence-corrected chi connectivity index (χ0v) is 20.3. The molecular formula is C23H18ClN3O6S2. The number of nitrogens with zero attached hydrogens (tertiary/aromatic N) is 1. The van der Waals surface area contributed by atoms with Gasteiger partial charge in [-0.1, -0.05) is 35.9 Å². The van der Waals surface area contributed by atoms with Crippen molar-refractivity contribution >= 4 is 62.2 Å². The number of sulfonamides is 1. The van der Waals surface area contributed by atoms with Crippen LogP contribution in [0.4, 0.5) is 10.5 Å². The van der Waals surface area contributed by atoms with E-state index < -0.39 is 33.6 Å². The molecule has 1 aliphatic rings. The Kier molecular flexibility index (Phi) is 7.41. The molecule has 180 valence electrons. The van der Waals surface area contributed by atoms with Crippen LogP contribution in [0.25, 0.3) is 6.08 Å². The number of carbonyl (C=O) groups excluding carboxylic acids is 3. The van der Waals surface area contributed by atoms with Crippen molar-refractivity contribution < 1.29 is 27.2 Å². The fourth-order valence-electron chi connectivity index (χ4n) is 3.12. The molecule has 2 heterocycles. The summed E-state index contributed by atoms with van der Waals surface area (Å²) in [6, 6.07) is 15.7. The van der Waals surface area contributed by atoms with Gasteiger partial charge in [-0.25, -0.2) is 13.1 Å². The van der Waals surface area contributed by atoms with E-state index >= 15 is 0 Å². The van der Waals surface area contributed by atoms with Crippen molar-refractivity contribution in [3.05, 3.63) is 88.2 Å². The second-order valence-electron chi connectivity index (χ2n) is 7.27. The van der Waals surface area contributed by atoms with E-state index in [2.05, 4.69) is 10.0 Å². The van der Waals surface area contributed by atoms with Gasteiger partial charge in [0.15, 0.2) is 0 Å². The van der Waals surface area contributed by atoms with Crippen molar-refractivity contribution in [1.29, 1.82) is 0 Å². The SMILES string of the molecule is O=C(CN1C(=O)S/C(=C\c2ccccc2Cl)C1=O)Nc1cccc(S(=O)(=O)NCc2ccco2)c1. The normalized spacial score (nSPS) is 15.1. The number of hydrogen-bond acceptors (Lipinski definition) is 7. The van der Waals surface area contributed by atoms with Gasteiger partial charge >= 0.3 is 0 Å². The Hall–Kier alpha value is -3.38. The Morgan fingerprint density at radius 3 is 2.63 bits per heavy atom. The fraction of sp³-hybridized carbons (Fsp3) is 0.0870. The third-order valence-corrected chi connectivity index (χ3v) is 7.46. The summed E-state index contributed by atoms with van der Waals surface area (Å²) in [5, 5.41) is 2.35. The number of imide groups is 1. The molecule has 2 aromatic carbocycles. The molecule has 0 aliphatic carbocycles. The molecule has 1 fully saturated rings. The van der Waals surface area contributed by atoms with Crippen LogP contribution >= 0.6 is 23.4 Å². The first-order valence-corrected chi connectivity index (χ1v) is 12.8. The predicted molar refractivity (Wildman–Crippen MR) is 132 cm³/mol. The van der Waals surface area contributed by atoms with Crippen molar-refractivity contribution in [2.24, 2.45) is 0 Å². The van der Waals surface area contributed by atoms with Crippen LogP contribution in [0.3, 0.4) is 0 Å². The Bertz CT molecular complexity index is 1420. The minimum absolute atomic E-state index is 0.0349. The third-order valence-electron chi connectivity index (χ3n) is 4.81. The average Bonchev–Trinajstić information content (AvgIpc) is 3.44. The van der Waals surface area contributed by atoms with E-state index in [9.17, 15) is 22.8 Å². The summed E-state index contributed by atoms with van der Waals surface area (Å²) in [5.41, 5.74) is 0.761. The second-order valence-corrected chi connectivity index (χ2v) is 10.4. The quantitative estimate of drug-likeness (QED) is 0.419. The summed E-state index contributed by atoms with van der Waals surface area (Å²) >= 11 is 6.82. The van der Waals surface area contributed by atoms with Crippen molar-refractivity contribution in [3.63, 3.8) is 0 Å². The Balaban J connectivity index is 1.41. The van der Waals surface area contributed by atoms with Crippen molar-refractivity contribution in [3.8, 4) is 0 Å². The van der Waals surface area contributed by atoms with Gasteiger partial charge in [-0.3, -0.25) is 19.3 Å². The fourth-order valence-corrected chi connectivity index (χ4v) is 5.18. The lowest BCUT2D eigenvalue weighted by Gasteiger charge is -2.13. The van der Waals surface area contributed by atoms with Crippen LogP contribution in [0.15, 0.2) is 81.1 Å². The molecule has 1 saturated heterocycles. The number of anilines is 1. The molecule has 0 unspecified atom stereocenters. The number of furan rings is 1. The van der Waals surface area contributed by atoms with Gasteiger partial charge in [0, 0.05) is 10.7 Å². The van der Waals surface area contributed by atoms with Gasteiger partial charge < -0.3 is 9.73 Å². The largest absolute Gasteiger partial charge is 0.468 e. The van der Waals surface area contributed by atoms with Crippen molar-refractivity contribution in [2.45, 2.75) is 11.4 Å². The van der Waals surface area contributed by atoms with Crippen LogP contribution in [-0.4, -0.2) is 36.9 Å². The summed E-state index contributed by atoms with van der Waals surface area (Å²) < 4.78 is 32.6. The van der Waals surface area contributed by atoms with Crippen molar-refractivity contribution in [2.75, 3.05) is 11.9 Å². The third kappa shape index (κ3) is 6.01. The van der Waals surface area contributed by atoms with Gasteiger partial charge in [-0.2, -0.15) is 0 Å². The number of rotatable bonds is 8. The minimum atomic E-state index is -3.88. The molecule has 12 heteroatoms. The molecule has 1 aliphatic heterocycles. The van der Waals surface area contributed by atoms with Crippen LogP contribution in [0.2, 0.25) is 5.02 Å². The van der Waals surface area contributed by atoms with Gasteiger partial charge in [0.2, 0.25) is 15.9 Å². The molecule has 35 heavy (non-hydrogen) atoms. The molecule has 0 saturated carbocycles. The van der Waals surface area contributed by atoms with E-state index in [-0.39, 0.29) is 22.0 Å². The zero-order chi connectivity index (χ0) is 25.0. The first-order chi connectivity index (χ1) is 16.7. The molecule has 0 atom stereocenters. The number of hydrogen-bond donors (Lipinski definition) is 2. The molecule has 2 N–H and O–H groups in total. The smallest absolute Gasteiger partial charge is 0.294 e. The highest BCUT2D eigenvalue weighted by Crippen LogP contribution is 2.33. The number of amides is 3. The van der Waals surface area contributed by atoms with E-state index in [1.165, 1.54) is 36.6 Å². The van der Waals surface area contributed by atoms with E-state index in [0.717, 1.165) is 4.90 Å². The maximum Gasteiger partial charge on any atom is 0.294 e. The van der Waals surface area contributed by atoms with Crippen molar-refractivity contribution in [1.82, 2.24) is 9.62 Å². The molecule has 9 nitrogen and oxygen atoms in total. The highest BCUT2D eigenvalue weighted by molar-refractivity contribution is 8.18. The lowest BCUT2D eigenvalue weighted by atomic mass is 10.2. The molecule has 3 aromatic rings. The number of benzene rings is 2. The van der Waals surface area contributed by atoms with Gasteiger partial charge in [0.05, 0.1) is 22.6 Å². The lowest BCUT2D eigenvalue weighted by Crippen LogP contribution is -2.36. The lowest BCUT2D eigenvalue weighted by molar-refractivity contribution is -0.127. The summed E-state index contributed by atoms with van der Waals surface area (Å²) in [7, 11) is -3.88. The molecule has 0 bridgehead atoms. The van der Waals surface area contributed by atoms with Gasteiger partial charge in [0.1, 0.15) is 12.3 Å². The molecular weight excluding hydrogens is 514 g/mol. The molecule has 0 spiro atoms. The van der Waals surface area contributed by atoms with E-state index in [1.54, 1.807) is 36.4 Å². The maximum atomic E-state index is 12.7. The number of carbonyl (C=O) groups is 3. The van der Waals surface area contributed by atoms with Crippen LogP contribution < -0.4 is 10.0 Å². The minimum Gasteiger partial charge on any atom is -0.468 e. The Labute approximate surface area is 210 Å². The highest BCUT2D eigenvalue weighted by atomic mass is 35.5.